The van der Waals surface area contributed by atoms with Crippen LogP contribution in [0.2, 0.25) is 0 Å². The van der Waals surface area contributed by atoms with Gasteiger partial charge in [0.05, 0.1) is 6.20 Å². The van der Waals surface area contributed by atoms with E-state index in [1.165, 1.54) is 5.56 Å². The highest BCUT2D eigenvalue weighted by Gasteiger charge is 2.06. The second kappa shape index (κ2) is 7.54. The number of hydrogen-bond donors (Lipinski definition) is 1. The average molecular weight is 286 g/mol. The summed E-state index contributed by atoms with van der Waals surface area (Å²) in [6, 6.07) is 10.3. The number of benzene rings is 1. The Morgan fingerprint density at radius 1 is 1.10 bits per heavy atom. The Kier molecular flexibility index (Phi) is 5.45. The van der Waals surface area contributed by atoms with Gasteiger partial charge < -0.3 is 15.1 Å². The van der Waals surface area contributed by atoms with Crippen molar-refractivity contribution < 1.29 is 0 Å². The average Bonchev–Trinajstić information content (AvgIpc) is 2.48. The molecular weight excluding hydrogens is 264 g/mol. The molecule has 0 saturated heterocycles. The molecule has 0 unspecified atom stereocenters. The molecule has 1 aromatic heterocycles. The molecule has 1 N–H and O–H groups in total. The van der Waals surface area contributed by atoms with Crippen LogP contribution in [0.25, 0.3) is 0 Å². The number of hydrogen-bond acceptors (Lipinski definition) is 6. The van der Waals surface area contributed by atoms with Crippen molar-refractivity contribution in [2.75, 3.05) is 44.4 Å². The zero-order chi connectivity index (χ0) is 15.1. The van der Waals surface area contributed by atoms with Crippen LogP contribution in [0.4, 0.5) is 11.8 Å². The molecule has 2 aromatic rings. The Labute approximate surface area is 125 Å². The van der Waals surface area contributed by atoms with E-state index in [1.807, 2.05) is 39.3 Å². The van der Waals surface area contributed by atoms with Gasteiger partial charge in [-0.1, -0.05) is 30.3 Å². The van der Waals surface area contributed by atoms with Crippen LogP contribution in [-0.4, -0.2) is 54.3 Å². The first-order valence-electron chi connectivity index (χ1n) is 6.98. The maximum atomic E-state index is 4.49. The largest absolute Gasteiger partial charge is 0.354 e. The zero-order valence-electron chi connectivity index (χ0n) is 12.8. The Hall–Kier alpha value is -2.21. The van der Waals surface area contributed by atoms with Crippen LogP contribution in [-0.2, 0) is 6.54 Å². The molecule has 6 heteroatoms. The maximum Gasteiger partial charge on any atom is 0.244 e. The normalized spacial score (nSPS) is 10.7. The Morgan fingerprint density at radius 2 is 1.86 bits per heavy atom. The summed E-state index contributed by atoms with van der Waals surface area (Å²) in [5.41, 5.74) is 1.24. The van der Waals surface area contributed by atoms with Crippen molar-refractivity contribution in [2.45, 2.75) is 6.54 Å². The first-order valence-corrected chi connectivity index (χ1v) is 6.98. The number of likely N-dealkylation sites (N-methyl/N-ethyl adjacent to an activating group) is 1. The third-order valence-corrected chi connectivity index (χ3v) is 3.04. The van der Waals surface area contributed by atoms with Gasteiger partial charge in [-0.3, -0.25) is 0 Å². The van der Waals surface area contributed by atoms with E-state index in [0.717, 1.165) is 25.5 Å². The molecule has 0 atom stereocenters. The van der Waals surface area contributed by atoms with Crippen molar-refractivity contribution in [1.82, 2.24) is 20.1 Å². The lowest BCUT2D eigenvalue weighted by Crippen LogP contribution is -2.23. The Morgan fingerprint density at radius 3 is 2.57 bits per heavy atom. The maximum absolute atomic E-state index is 4.49. The molecule has 0 spiro atoms. The molecule has 0 amide bonds. The van der Waals surface area contributed by atoms with Crippen LogP contribution in [0, 0.1) is 0 Å². The molecule has 0 saturated carbocycles. The molecule has 6 nitrogen and oxygen atoms in total. The van der Waals surface area contributed by atoms with E-state index in [0.29, 0.717) is 5.95 Å². The quantitative estimate of drug-likeness (QED) is 0.832. The SMILES string of the molecule is CN(C)CCNc1nncc(N(C)Cc2ccccc2)n1. The van der Waals surface area contributed by atoms with Crippen LogP contribution < -0.4 is 10.2 Å². The molecular formula is C15H22N6. The smallest absolute Gasteiger partial charge is 0.244 e. The first-order chi connectivity index (χ1) is 10.1. The standard InChI is InChI=1S/C15H22N6/c1-20(2)10-9-16-15-18-14(11-17-19-15)21(3)12-13-7-5-4-6-8-13/h4-8,11H,9-10,12H2,1-3H3,(H,16,18,19). The number of nitrogens with one attached hydrogen (secondary N) is 1. The lowest BCUT2D eigenvalue weighted by molar-refractivity contribution is 0.425. The van der Waals surface area contributed by atoms with E-state index in [9.17, 15) is 0 Å². The molecule has 112 valence electrons. The van der Waals surface area contributed by atoms with Crippen LogP contribution in [0.3, 0.4) is 0 Å². The number of aromatic nitrogens is 3. The van der Waals surface area contributed by atoms with E-state index in [1.54, 1.807) is 6.20 Å². The van der Waals surface area contributed by atoms with Gasteiger partial charge in [0.1, 0.15) is 0 Å². The van der Waals surface area contributed by atoms with Crippen LogP contribution >= 0.6 is 0 Å². The van der Waals surface area contributed by atoms with E-state index in [-0.39, 0.29) is 0 Å². The number of nitrogens with zero attached hydrogens (tertiary/aromatic N) is 5. The molecule has 0 radical (unpaired) electrons. The third-order valence-electron chi connectivity index (χ3n) is 3.04. The van der Waals surface area contributed by atoms with Crippen molar-refractivity contribution in [3.05, 3.63) is 42.1 Å². The molecule has 21 heavy (non-hydrogen) atoms. The summed E-state index contributed by atoms with van der Waals surface area (Å²) in [4.78, 5) is 8.65. The van der Waals surface area contributed by atoms with E-state index < -0.39 is 0 Å². The molecule has 0 bridgehead atoms. The first kappa shape index (κ1) is 15.2. The number of anilines is 2. The van der Waals surface area contributed by atoms with Crippen molar-refractivity contribution in [2.24, 2.45) is 0 Å². The van der Waals surface area contributed by atoms with Gasteiger partial charge in [-0.15, -0.1) is 5.10 Å². The molecule has 0 fully saturated rings. The van der Waals surface area contributed by atoms with Crippen molar-refractivity contribution >= 4 is 11.8 Å². The third kappa shape index (κ3) is 5.00. The fourth-order valence-electron chi connectivity index (χ4n) is 1.88. The minimum absolute atomic E-state index is 0.564. The van der Waals surface area contributed by atoms with Crippen molar-refractivity contribution in [1.29, 1.82) is 0 Å². The Bertz CT molecular complexity index is 543. The predicted molar refractivity (Wildman–Crippen MR) is 85.4 cm³/mol. The molecule has 2 rings (SSSR count). The topological polar surface area (TPSA) is 57.2 Å². The van der Waals surface area contributed by atoms with Gasteiger partial charge in [-0.25, -0.2) is 0 Å². The summed E-state index contributed by atoms with van der Waals surface area (Å²) in [6.45, 7) is 2.50. The van der Waals surface area contributed by atoms with Gasteiger partial charge in [-0.2, -0.15) is 10.1 Å². The molecule has 0 aliphatic heterocycles. The summed E-state index contributed by atoms with van der Waals surface area (Å²) < 4.78 is 0. The van der Waals surface area contributed by atoms with Crippen LogP contribution in [0.15, 0.2) is 36.5 Å². The molecule has 0 aliphatic rings. The highest BCUT2D eigenvalue weighted by atomic mass is 15.3. The van der Waals surface area contributed by atoms with E-state index >= 15 is 0 Å². The summed E-state index contributed by atoms with van der Waals surface area (Å²) in [5, 5.41) is 11.2. The predicted octanol–water partition coefficient (Wildman–Crippen LogP) is 1.48. The minimum atomic E-state index is 0.564. The van der Waals surface area contributed by atoms with E-state index in [4.69, 9.17) is 0 Å². The molecule has 1 aromatic carbocycles. The molecule has 1 heterocycles. The highest BCUT2D eigenvalue weighted by molar-refractivity contribution is 5.40. The van der Waals surface area contributed by atoms with Gasteiger partial charge >= 0.3 is 0 Å². The Balaban J connectivity index is 1.96. The summed E-state index contributed by atoms with van der Waals surface area (Å²) >= 11 is 0. The monoisotopic (exact) mass is 286 g/mol. The van der Waals surface area contributed by atoms with Crippen molar-refractivity contribution in [3.8, 4) is 0 Å². The summed E-state index contributed by atoms with van der Waals surface area (Å²) in [6.07, 6.45) is 1.68. The fourth-order valence-corrected chi connectivity index (χ4v) is 1.88. The summed E-state index contributed by atoms with van der Waals surface area (Å²) in [7, 11) is 6.07. The minimum Gasteiger partial charge on any atom is -0.354 e. The fraction of sp³-hybridized carbons (Fsp3) is 0.400. The highest BCUT2D eigenvalue weighted by Crippen LogP contribution is 2.12. The number of rotatable bonds is 7. The van der Waals surface area contributed by atoms with Gasteiger partial charge in [0.15, 0.2) is 5.82 Å². The van der Waals surface area contributed by atoms with E-state index in [2.05, 4.69) is 42.4 Å². The molecule has 0 aliphatic carbocycles. The second-order valence-electron chi connectivity index (χ2n) is 5.21. The van der Waals surface area contributed by atoms with Gasteiger partial charge in [0.2, 0.25) is 5.95 Å². The second-order valence-corrected chi connectivity index (χ2v) is 5.21. The van der Waals surface area contributed by atoms with Gasteiger partial charge in [0.25, 0.3) is 0 Å². The van der Waals surface area contributed by atoms with Crippen LogP contribution in [0.5, 0.6) is 0 Å². The lowest BCUT2D eigenvalue weighted by Gasteiger charge is -2.18. The van der Waals surface area contributed by atoms with Crippen LogP contribution in [0.1, 0.15) is 5.56 Å². The summed E-state index contributed by atoms with van der Waals surface area (Å²) in [5.74, 6) is 1.37. The van der Waals surface area contributed by atoms with Gasteiger partial charge in [0, 0.05) is 26.7 Å². The van der Waals surface area contributed by atoms with Crippen molar-refractivity contribution in [3.63, 3.8) is 0 Å². The lowest BCUT2D eigenvalue weighted by atomic mass is 10.2. The van der Waals surface area contributed by atoms with Gasteiger partial charge in [-0.05, 0) is 19.7 Å². The zero-order valence-corrected chi connectivity index (χ0v) is 12.8.